The predicted molar refractivity (Wildman–Crippen MR) is 77.2 cm³/mol. The Balaban J connectivity index is 2.42. The molecule has 0 aliphatic heterocycles. The van der Waals surface area contributed by atoms with Gasteiger partial charge < -0.3 is 14.8 Å². The van der Waals surface area contributed by atoms with Crippen LogP contribution in [0.3, 0.4) is 0 Å². The van der Waals surface area contributed by atoms with Crippen LogP contribution in [0.2, 0.25) is 0 Å². The highest BCUT2D eigenvalue weighted by molar-refractivity contribution is 5.99. The molecule has 2 N–H and O–H groups in total. The molecule has 3 rings (SSSR count). The fourth-order valence-corrected chi connectivity index (χ4v) is 2.42. The van der Waals surface area contributed by atoms with Gasteiger partial charge in [0.25, 0.3) is 0 Å². The van der Waals surface area contributed by atoms with E-state index in [2.05, 4.69) is 0 Å². The molecule has 1 heterocycles. The van der Waals surface area contributed by atoms with Crippen LogP contribution in [0.1, 0.15) is 20.8 Å². The van der Waals surface area contributed by atoms with Crippen molar-refractivity contribution in [2.45, 2.75) is 0 Å². The van der Waals surface area contributed by atoms with Gasteiger partial charge in [0.2, 0.25) is 0 Å². The van der Waals surface area contributed by atoms with Crippen LogP contribution in [0.5, 0.6) is 0 Å². The van der Waals surface area contributed by atoms with Gasteiger partial charge in [-0.3, -0.25) is 0 Å². The van der Waals surface area contributed by atoms with Crippen LogP contribution in [0.15, 0.2) is 54.6 Å². The molecule has 5 heteroatoms. The molecule has 0 aliphatic rings. The van der Waals surface area contributed by atoms with Crippen LogP contribution >= 0.6 is 0 Å². The number of carboxylic acids is 2. The topological polar surface area (TPSA) is 79.5 Å². The van der Waals surface area contributed by atoms with Crippen molar-refractivity contribution in [2.75, 3.05) is 0 Å². The summed E-state index contributed by atoms with van der Waals surface area (Å²) in [6.45, 7) is 0. The van der Waals surface area contributed by atoms with Crippen molar-refractivity contribution in [2.24, 2.45) is 0 Å². The van der Waals surface area contributed by atoms with E-state index in [1.807, 2.05) is 0 Å². The van der Waals surface area contributed by atoms with E-state index in [-0.39, 0.29) is 11.3 Å². The molecule has 21 heavy (non-hydrogen) atoms. The molecule has 2 aromatic carbocycles. The lowest BCUT2D eigenvalue weighted by molar-refractivity contribution is 0.0676. The number of benzene rings is 2. The standard InChI is InChI=1S/C16H11NO4/c18-15(19)11-6-2-4-8-13(11)17-12-7-3-1-5-10(12)9-14(17)16(20)21/h1-9H,(H,18,19)(H,20,21). The van der Waals surface area contributed by atoms with Gasteiger partial charge in [-0.15, -0.1) is 0 Å². The fraction of sp³-hybridized carbons (Fsp3) is 0. The Labute approximate surface area is 119 Å². The lowest BCUT2D eigenvalue weighted by atomic mass is 10.1. The zero-order chi connectivity index (χ0) is 15.0. The Morgan fingerprint density at radius 2 is 1.52 bits per heavy atom. The van der Waals surface area contributed by atoms with Gasteiger partial charge >= 0.3 is 11.9 Å². The summed E-state index contributed by atoms with van der Waals surface area (Å²) in [6.07, 6.45) is 0. The number of carboxylic acid groups (broad SMARTS) is 2. The van der Waals surface area contributed by atoms with Crippen LogP contribution < -0.4 is 0 Å². The van der Waals surface area contributed by atoms with Gasteiger partial charge in [0.1, 0.15) is 5.69 Å². The Bertz CT molecular complexity index is 864. The summed E-state index contributed by atoms with van der Waals surface area (Å²) in [5.74, 6) is -2.20. The smallest absolute Gasteiger partial charge is 0.352 e. The maximum atomic E-state index is 11.5. The first-order valence-electron chi connectivity index (χ1n) is 6.26. The molecule has 1 aromatic heterocycles. The Kier molecular flexibility index (Phi) is 2.95. The molecule has 0 amide bonds. The van der Waals surface area contributed by atoms with Gasteiger partial charge in [-0.2, -0.15) is 0 Å². The third-order valence-electron chi connectivity index (χ3n) is 3.31. The second kappa shape index (κ2) is 4.79. The lowest BCUT2D eigenvalue weighted by Crippen LogP contribution is -2.10. The minimum Gasteiger partial charge on any atom is -0.478 e. The number of rotatable bonds is 3. The predicted octanol–water partition coefficient (Wildman–Crippen LogP) is 3.03. The maximum absolute atomic E-state index is 11.5. The Hall–Kier alpha value is -3.08. The van der Waals surface area contributed by atoms with Crippen LogP contribution in [-0.4, -0.2) is 26.7 Å². The van der Waals surface area contributed by atoms with Gasteiger partial charge in [0.15, 0.2) is 0 Å². The number of para-hydroxylation sites is 2. The van der Waals surface area contributed by atoms with Gasteiger partial charge in [-0.25, -0.2) is 9.59 Å². The molecule has 0 aliphatic carbocycles. The van der Waals surface area contributed by atoms with Crippen molar-refractivity contribution in [3.05, 3.63) is 65.9 Å². The first kappa shape index (κ1) is 12.9. The van der Waals surface area contributed by atoms with Crippen molar-refractivity contribution in [1.29, 1.82) is 0 Å². The summed E-state index contributed by atoms with van der Waals surface area (Å²) in [6, 6.07) is 15.0. The molecule has 0 saturated carbocycles. The zero-order valence-corrected chi connectivity index (χ0v) is 10.9. The largest absolute Gasteiger partial charge is 0.478 e. The second-order valence-electron chi connectivity index (χ2n) is 4.55. The minimum atomic E-state index is -1.11. The van der Waals surface area contributed by atoms with Crippen LogP contribution in [0.4, 0.5) is 0 Å². The van der Waals surface area contributed by atoms with E-state index in [1.54, 1.807) is 42.5 Å². The van der Waals surface area contributed by atoms with Crippen molar-refractivity contribution in [3.8, 4) is 5.69 Å². The molecular formula is C16H11NO4. The van der Waals surface area contributed by atoms with Crippen molar-refractivity contribution >= 4 is 22.8 Å². The molecular weight excluding hydrogens is 270 g/mol. The Morgan fingerprint density at radius 1 is 0.857 bits per heavy atom. The SMILES string of the molecule is O=C(O)c1ccccc1-n1c(C(=O)O)cc2ccccc21. The highest BCUT2D eigenvalue weighted by Crippen LogP contribution is 2.26. The summed E-state index contributed by atoms with van der Waals surface area (Å²) < 4.78 is 1.46. The maximum Gasteiger partial charge on any atom is 0.352 e. The summed E-state index contributed by atoms with van der Waals surface area (Å²) >= 11 is 0. The molecule has 0 saturated heterocycles. The van der Waals surface area contributed by atoms with Gasteiger partial charge in [0.05, 0.1) is 16.8 Å². The van der Waals surface area contributed by atoms with Crippen molar-refractivity contribution < 1.29 is 19.8 Å². The minimum absolute atomic E-state index is 0.0323. The molecule has 0 fully saturated rings. The summed E-state index contributed by atoms with van der Waals surface area (Å²) in [4.78, 5) is 22.9. The number of nitrogens with zero attached hydrogens (tertiary/aromatic N) is 1. The lowest BCUT2D eigenvalue weighted by Gasteiger charge is -2.11. The van der Waals surface area contributed by atoms with Crippen molar-refractivity contribution in [1.82, 2.24) is 4.57 Å². The van der Waals surface area contributed by atoms with E-state index in [0.29, 0.717) is 11.2 Å². The van der Waals surface area contributed by atoms with Crippen LogP contribution in [-0.2, 0) is 0 Å². The van der Waals surface area contributed by atoms with Crippen molar-refractivity contribution in [3.63, 3.8) is 0 Å². The van der Waals surface area contributed by atoms with E-state index in [1.165, 1.54) is 16.7 Å². The quantitative estimate of drug-likeness (QED) is 0.773. The second-order valence-corrected chi connectivity index (χ2v) is 4.55. The number of hydrogen-bond donors (Lipinski definition) is 2. The molecule has 0 unspecified atom stereocenters. The third-order valence-corrected chi connectivity index (χ3v) is 3.31. The van der Waals surface area contributed by atoms with E-state index in [9.17, 15) is 19.8 Å². The summed E-state index contributed by atoms with van der Waals surface area (Å²) in [5, 5.41) is 19.4. The van der Waals surface area contributed by atoms with Crippen LogP contribution in [0.25, 0.3) is 16.6 Å². The highest BCUT2D eigenvalue weighted by Gasteiger charge is 2.19. The molecule has 3 aromatic rings. The molecule has 0 atom stereocenters. The molecule has 104 valence electrons. The molecule has 0 bridgehead atoms. The number of aromatic nitrogens is 1. The molecule has 0 spiro atoms. The summed E-state index contributed by atoms with van der Waals surface area (Å²) in [7, 11) is 0. The fourth-order valence-electron chi connectivity index (χ4n) is 2.42. The Morgan fingerprint density at radius 3 is 2.24 bits per heavy atom. The number of fused-ring (bicyclic) bond motifs is 1. The zero-order valence-electron chi connectivity index (χ0n) is 10.9. The third kappa shape index (κ3) is 2.04. The van der Waals surface area contributed by atoms with Crippen LogP contribution in [0, 0.1) is 0 Å². The van der Waals surface area contributed by atoms with E-state index >= 15 is 0 Å². The first-order valence-corrected chi connectivity index (χ1v) is 6.26. The number of hydrogen-bond acceptors (Lipinski definition) is 2. The normalized spacial score (nSPS) is 10.7. The van der Waals surface area contributed by atoms with Gasteiger partial charge in [-0.05, 0) is 24.3 Å². The van der Waals surface area contributed by atoms with E-state index in [0.717, 1.165) is 5.39 Å². The van der Waals surface area contributed by atoms with E-state index < -0.39 is 11.9 Å². The average molecular weight is 281 g/mol. The highest BCUT2D eigenvalue weighted by atomic mass is 16.4. The number of aromatic carboxylic acids is 2. The number of carbonyl (C=O) groups is 2. The average Bonchev–Trinajstić information content (AvgIpc) is 2.86. The van der Waals surface area contributed by atoms with Gasteiger partial charge in [0, 0.05) is 5.39 Å². The molecule has 0 radical (unpaired) electrons. The first-order chi connectivity index (χ1) is 10.1. The van der Waals surface area contributed by atoms with Gasteiger partial charge in [-0.1, -0.05) is 30.3 Å². The summed E-state index contributed by atoms with van der Waals surface area (Å²) in [5.41, 5.74) is 1.08. The molecule has 5 nitrogen and oxygen atoms in total. The monoisotopic (exact) mass is 281 g/mol. The van der Waals surface area contributed by atoms with E-state index in [4.69, 9.17) is 0 Å².